The predicted octanol–water partition coefficient (Wildman–Crippen LogP) is 4.06. The Morgan fingerprint density at radius 2 is 1.88 bits per heavy atom. The highest BCUT2D eigenvalue weighted by Crippen LogP contribution is 2.27. The third-order valence-corrected chi connectivity index (χ3v) is 5.16. The van der Waals surface area contributed by atoms with Crippen LogP contribution in [0.2, 0.25) is 0 Å². The quantitative estimate of drug-likeness (QED) is 0.864. The molecule has 1 N–H and O–H groups in total. The summed E-state index contributed by atoms with van der Waals surface area (Å²) >= 11 is 3.44. The number of carbonyl (C=O) groups excluding carboxylic acids is 2. The van der Waals surface area contributed by atoms with Crippen molar-refractivity contribution >= 4 is 39.1 Å². The summed E-state index contributed by atoms with van der Waals surface area (Å²) in [6.07, 6.45) is 0.245. The van der Waals surface area contributed by atoms with E-state index in [1.807, 2.05) is 56.3 Å². The number of aryl methyl sites for hydroxylation is 2. The van der Waals surface area contributed by atoms with Crippen LogP contribution in [-0.4, -0.2) is 18.4 Å². The Morgan fingerprint density at radius 1 is 1.17 bits per heavy atom. The SMILES string of the molecule is Cc1ccc(N2CC(C(=O)Nc3ccc(Br)c(C)c3)CC2=O)cc1. The monoisotopic (exact) mass is 386 g/mol. The van der Waals surface area contributed by atoms with E-state index in [0.29, 0.717) is 6.54 Å². The Bertz CT molecular complexity index is 786. The van der Waals surface area contributed by atoms with Gasteiger partial charge in [0.05, 0.1) is 5.92 Å². The van der Waals surface area contributed by atoms with Crippen molar-refractivity contribution < 1.29 is 9.59 Å². The average Bonchev–Trinajstić information content (AvgIpc) is 2.94. The normalized spacial score (nSPS) is 17.2. The molecule has 5 heteroatoms. The zero-order valence-corrected chi connectivity index (χ0v) is 15.3. The number of hydrogen-bond donors (Lipinski definition) is 1. The predicted molar refractivity (Wildman–Crippen MR) is 99.1 cm³/mol. The number of nitrogens with one attached hydrogen (secondary N) is 1. The van der Waals surface area contributed by atoms with Gasteiger partial charge in [-0.15, -0.1) is 0 Å². The molecule has 1 unspecified atom stereocenters. The zero-order valence-electron chi connectivity index (χ0n) is 13.7. The van der Waals surface area contributed by atoms with Crippen molar-refractivity contribution in [1.82, 2.24) is 0 Å². The molecule has 0 saturated carbocycles. The van der Waals surface area contributed by atoms with Gasteiger partial charge in [-0.3, -0.25) is 9.59 Å². The number of benzene rings is 2. The molecule has 1 heterocycles. The fourth-order valence-corrected chi connectivity index (χ4v) is 3.07. The molecule has 0 spiro atoms. The first kappa shape index (κ1) is 16.7. The molecule has 0 bridgehead atoms. The summed E-state index contributed by atoms with van der Waals surface area (Å²) in [7, 11) is 0. The molecule has 124 valence electrons. The lowest BCUT2D eigenvalue weighted by molar-refractivity contribution is -0.122. The molecule has 1 saturated heterocycles. The van der Waals surface area contributed by atoms with Crippen LogP contribution in [0.4, 0.5) is 11.4 Å². The van der Waals surface area contributed by atoms with Gasteiger partial charge in [-0.2, -0.15) is 0 Å². The Balaban J connectivity index is 1.69. The molecule has 0 radical (unpaired) electrons. The van der Waals surface area contributed by atoms with Gasteiger partial charge in [-0.05, 0) is 49.7 Å². The molecule has 0 aromatic heterocycles. The van der Waals surface area contributed by atoms with E-state index in [9.17, 15) is 9.59 Å². The first-order valence-electron chi connectivity index (χ1n) is 7.88. The van der Waals surface area contributed by atoms with E-state index in [-0.39, 0.29) is 24.2 Å². The zero-order chi connectivity index (χ0) is 17.3. The van der Waals surface area contributed by atoms with Gasteiger partial charge in [0.2, 0.25) is 11.8 Å². The largest absolute Gasteiger partial charge is 0.326 e. The molecule has 2 aromatic carbocycles. The number of rotatable bonds is 3. The highest BCUT2D eigenvalue weighted by atomic mass is 79.9. The third kappa shape index (κ3) is 3.51. The fourth-order valence-electron chi connectivity index (χ4n) is 2.82. The molecule has 4 nitrogen and oxygen atoms in total. The van der Waals surface area contributed by atoms with E-state index in [4.69, 9.17) is 0 Å². The minimum Gasteiger partial charge on any atom is -0.326 e. The van der Waals surface area contributed by atoms with Crippen molar-refractivity contribution in [3.8, 4) is 0 Å². The molecule has 1 aliphatic rings. The summed E-state index contributed by atoms with van der Waals surface area (Å²) in [5.41, 5.74) is 3.80. The number of hydrogen-bond acceptors (Lipinski definition) is 2. The average molecular weight is 387 g/mol. The van der Waals surface area contributed by atoms with Gasteiger partial charge in [0.25, 0.3) is 0 Å². The number of nitrogens with zero attached hydrogens (tertiary/aromatic N) is 1. The number of amides is 2. The summed E-state index contributed by atoms with van der Waals surface area (Å²) in [5, 5.41) is 2.91. The molecular formula is C19H19BrN2O2. The number of carbonyl (C=O) groups is 2. The lowest BCUT2D eigenvalue weighted by Gasteiger charge is -2.17. The topological polar surface area (TPSA) is 49.4 Å². The molecule has 1 fully saturated rings. The van der Waals surface area contributed by atoms with Gasteiger partial charge >= 0.3 is 0 Å². The van der Waals surface area contributed by atoms with Gasteiger partial charge in [0.1, 0.15) is 0 Å². The molecular weight excluding hydrogens is 368 g/mol. The third-order valence-electron chi connectivity index (χ3n) is 4.27. The van der Waals surface area contributed by atoms with Crippen LogP contribution in [0.15, 0.2) is 46.9 Å². The van der Waals surface area contributed by atoms with Gasteiger partial charge in [-0.25, -0.2) is 0 Å². The van der Waals surface area contributed by atoms with E-state index in [2.05, 4.69) is 21.2 Å². The second kappa shape index (κ2) is 6.77. The Labute approximate surface area is 150 Å². The molecule has 2 aromatic rings. The standard InChI is InChI=1S/C19H19BrN2O2/c1-12-3-6-16(7-4-12)22-11-14(10-18(22)23)19(24)21-15-5-8-17(20)13(2)9-15/h3-9,14H,10-11H2,1-2H3,(H,21,24). The van der Waals surface area contributed by atoms with Gasteiger partial charge in [0.15, 0.2) is 0 Å². The maximum Gasteiger partial charge on any atom is 0.229 e. The van der Waals surface area contributed by atoms with Crippen molar-refractivity contribution in [3.63, 3.8) is 0 Å². The van der Waals surface area contributed by atoms with Crippen molar-refractivity contribution in [2.24, 2.45) is 5.92 Å². The summed E-state index contributed by atoms with van der Waals surface area (Å²) in [6, 6.07) is 13.5. The summed E-state index contributed by atoms with van der Waals surface area (Å²) in [5.74, 6) is -0.451. The lowest BCUT2D eigenvalue weighted by Crippen LogP contribution is -2.28. The van der Waals surface area contributed by atoms with Gasteiger partial charge < -0.3 is 10.2 Å². The highest BCUT2D eigenvalue weighted by molar-refractivity contribution is 9.10. The smallest absolute Gasteiger partial charge is 0.229 e. The van der Waals surface area contributed by atoms with Crippen LogP contribution in [0.5, 0.6) is 0 Å². The number of anilines is 2. The van der Waals surface area contributed by atoms with Crippen LogP contribution >= 0.6 is 15.9 Å². The minimum atomic E-state index is -0.331. The second-order valence-electron chi connectivity index (χ2n) is 6.19. The first-order chi connectivity index (χ1) is 11.4. The van der Waals surface area contributed by atoms with Crippen LogP contribution in [0.3, 0.4) is 0 Å². The maximum atomic E-state index is 12.5. The van der Waals surface area contributed by atoms with E-state index in [1.54, 1.807) is 4.90 Å². The van der Waals surface area contributed by atoms with E-state index >= 15 is 0 Å². The Morgan fingerprint density at radius 3 is 2.54 bits per heavy atom. The second-order valence-corrected chi connectivity index (χ2v) is 7.05. The Kier molecular flexibility index (Phi) is 4.71. The minimum absolute atomic E-state index is 0.00834. The molecule has 1 aliphatic heterocycles. The highest BCUT2D eigenvalue weighted by Gasteiger charge is 2.35. The summed E-state index contributed by atoms with van der Waals surface area (Å²) in [4.78, 5) is 26.4. The van der Waals surface area contributed by atoms with Crippen LogP contribution in [0, 0.1) is 19.8 Å². The first-order valence-corrected chi connectivity index (χ1v) is 8.67. The summed E-state index contributed by atoms with van der Waals surface area (Å²) < 4.78 is 1.00. The van der Waals surface area contributed by atoms with Crippen LogP contribution in [-0.2, 0) is 9.59 Å². The van der Waals surface area contributed by atoms with Crippen molar-refractivity contribution in [1.29, 1.82) is 0 Å². The van der Waals surface area contributed by atoms with Gasteiger partial charge in [0, 0.05) is 28.8 Å². The molecule has 0 aliphatic carbocycles. The number of halogens is 1. The molecule has 3 rings (SSSR count). The van der Waals surface area contributed by atoms with Crippen molar-refractivity contribution in [2.75, 3.05) is 16.8 Å². The molecule has 24 heavy (non-hydrogen) atoms. The Hall–Kier alpha value is -2.14. The molecule has 2 amide bonds. The lowest BCUT2D eigenvalue weighted by atomic mass is 10.1. The molecule has 1 atom stereocenters. The summed E-state index contributed by atoms with van der Waals surface area (Å²) in [6.45, 7) is 4.40. The van der Waals surface area contributed by atoms with E-state index < -0.39 is 0 Å². The van der Waals surface area contributed by atoms with Crippen molar-refractivity contribution in [3.05, 3.63) is 58.1 Å². The van der Waals surface area contributed by atoms with Crippen LogP contribution < -0.4 is 10.2 Å². The van der Waals surface area contributed by atoms with E-state index in [0.717, 1.165) is 27.0 Å². The fraction of sp³-hybridized carbons (Fsp3) is 0.263. The van der Waals surface area contributed by atoms with Crippen molar-refractivity contribution in [2.45, 2.75) is 20.3 Å². The van der Waals surface area contributed by atoms with Crippen LogP contribution in [0.1, 0.15) is 17.5 Å². The van der Waals surface area contributed by atoms with Crippen LogP contribution in [0.25, 0.3) is 0 Å². The van der Waals surface area contributed by atoms with E-state index in [1.165, 1.54) is 0 Å². The van der Waals surface area contributed by atoms with Gasteiger partial charge in [-0.1, -0.05) is 33.6 Å². The maximum absolute atomic E-state index is 12.5.